The molecule has 206 valence electrons. The van der Waals surface area contributed by atoms with E-state index in [1.165, 1.54) is 113 Å². The fourth-order valence-electron chi connectivity index (χ4n) is 4.78. The van der Waals surface area contributed by atoms with Crippen LogP contribution in [0.1, 0.15) is 105 Å². The monoisotopic (exact) mass is 586 g/mol. The maximum atomic E-state index is 6.00. The van der Waals surface area contributed by atoms with Crippen LogP contribution in [0, 0.1) is 0 Å². The molecule has 2 nitrogen and oxygen atoms in total. The standard InChI is InChI=1S/C26H58O2S4Si2/c1-7-11-21-33(22-12-8-2)25(27-5)17-15-19-29-31-32-30-20-16-18-26(28-6)34(23-13-9-3)24-14-10-4/h25-26,33-34H,7-24H2,1-6H3. The van der Waals surface area contributed by atoms with E-state index in [4.69, 9.17) is 9.47 Å². The molecule has 0 aromatic heterocycles. The molecule has 0 heterocycles. The van der Waals surface area contributed by atoms with Crippen molar-refractivity contribution >= 4 is 58.8 Å². The van der Waals surface area contributed by atoms with Crippen molar-refractivity contribution in [1.29, 1.82) is 0 Å². The smallest absolute Gasteiger partial charge is 0.0716 e. The number of hydrogen-bond donors (Lipinski definition) is 0. The average Bonchev–Trinajstić information content (AvgIpc) is 2.86. The molecule has 0 N–H and O–H groups in total. The lowest BCUT2D eigenvalue weighted by atomic mass is 10.3. The molecule has 0 aromatic rings. The van der Waals surface area contributed by atoms with Gasteiger partial charge in [-0.15, -0.1) is 0 Å². The molecule has 0 aliphatic heterocycles. The summed E-state index contributed by atoms with van der Waals surface area (Å²) in [6.45, 7) is 9.30. The number of rotatable bonds is 27. The summed E-state index contributed by atoms with van der Waals surface area (Å²) in [5.74, 6) is 2.52. The largest absolute Gasteiger partial charge is 0.385 e. The Morgan fingerprint density at radius 3 is 1.12 bits per heavy atom. The molecule has 0 saturated carbocycles. The third-order valence-electron chi connectivity index (χ3n) is 6.93. The second kappa shape index (κ2) is 27.8. The van der Waals surface area contributed by atoms with E-state index < -0.39 is 17.6 Å². The normalized spacial score (nSPS) is 13.8. The second-order valence-corrected chi connectivity index (χ2v) is 22.8. The molecule has 8 heteroatoms. The molecule has 0 rings (SSSR count). The van der Waals surface area contributed by atoms with Crippen LogP contribution in [0.15, 0.2) is 0 Å². The van der Waals surface area contributed by atoms with Crippen molar-refractivity contribution < 1.29 is 9.47 Å². The van der Waals surface area contributed by atoms with E-state index in [-0.39, 0.29) is 0 Å². The highest BCUT2D eigenvalue weighted by Gasteiger charge is 2.22. The first-order chi connectivity index (χ1) is 16.7. The molecular weight excluding hydrogens is 529 g/mol. The van der Waals surface area contributed by atoms with Gasteiger partial charge in [0.25, 0.3) is 0 Å². The minimum atomic E-state index is -0.750. The summed E-state index contributed by atoms with van der Waals surface area (Å²) in [4.78, 5) is 0. The zero-order valence-electron chi connectivity index (χ0n) is 23.5. The Labute approximate surface area is 233 Å². The van der Waals surface area contributed by atoms with E-state index in [0.29, 0.717) is 11.5 Å². The molecule has 0 aliphatic carbocycles. The highest BCUT2D eigenvalue weighted by atomic mass is 33.7. The molecule has 0 spiro atoms. The van der Waals surface area contributed by atoms with Gasteiger partial charge in [0, 0.05) is 37.2 Å². The number of hydrogen-bond acceptors (Lipinski definition) is 6. The third-order valence-corrected chi connectivity index (χ3v) is 21.5. The highest BCUT2D eigenvalue weighted by molar-refractivity contribution is 9.26. The lowest BCUT2D eigenvalue weighted by Gasteiger charge is -2.25. The summed E-state index contributed by atoms with van der Waals surface area (Å²) in [5, 5.41) is 0. The minimum absolute atomic E-state index is 0.599. The molecule has 0 radical (unpaired) electrons. The zero-order valence-corrected chi connectivity index (χ0v) is 29.1. The van der Waals surface area contributed by atoms with Gasteiger partial charge in [0.15, 0.2) is 0 Å². The van der Waals surface area contributed by atoms with E-state index in [1.54, 1.807) is 0 Å². The van der Waals surface area contributed by atoms with E-state index in [9.17, 15) is 0 Å². The summed E-state index contributed by atoms with van der Waals surface area (Å²) < 4.78 is 12.0. The topological polar surface area (TPSA) is 18.5 Å². The van der Waals surface area contributed by atoms with Gasteiger partial charge >= 0.3 is 0 Å². The number of ether oxygens (including phenoxy) is 2. The average molecular weight is 587 g/mol. The number of unbranched alkanes of at least 4 members (excludes halogenated alkanes) is 4. The highest BCUT2D eigenvalue weighted by Crippen LogP contribution is 2.43. The van der Waals surface area contributed by atoms with Crippen LogP contribution >= 0.6 is 41.2 Å². The Kier molecular flexibility index (Phi) is 29.2. The maximum absolute atomic E-state index is 6.00. The summed E-state index contributed by atoms with van der Waals surface area (Å²) >= 11 is 0. The Hall–Kier alpha value is 1.75. The van der Waals surface area contributed by atoms with Gasteiger partial charge in [0.05, 0.1) is 17.6 Å². The van der Waals surface area contributed by atoms with E-state index >= 15 is 0 Å². The van der Waals surface area contributed by atoms with Gasteiger partial charge in [0.1, 0.15) is 0 Å². The van der Waals surface area contributed by atoms with Gasteiger partial charge in [-0.1, -0.05) is 125 Å². The summed E-state index contributed by atoms with van der Waals surface area (Å²) in [5.41, 5.74) is 1.20. The zero-order chi connectivity index (χ0) is 25.3. The third kappa shape index (κ3) is 19.8. The first-order valence-corrected chi connectivity index (χ1v) is 24.1. The molecule has 2 atom stereocenters. The lowest BCUT2D eigenvalue weighted by molar-refractivity contribution is 0.151. The van der Waals surface area contributed by atoms with Crippen LogP contribution < -0.4 is 0 Å². The molecule has 0 saturated heterocycles. The van der Waals surface area contributed by atoms with Gasteiger partial charge in [-0.2, -0.15) is 0 Å². The van der Waals surface area contributed by atoms with Crippen LogP contribution in [-0.2, 0) is 9.47 Å². The quantitative estimate of drug-likeness (QED) is 0.0537. The van der Waals surface area contributed by atoms with Gasteiger partial charge in [-0.05, 0) is 45.3 Å². The van der Waals surface area contributed by atoms with Crippen LogP contribution in [0.3, 0.4) is 0 Å². The molecule has 0 aliphatic rings. The van der Waals surface area contributed by atoms with Gasteiger partial charge in [0.2, 0.25) is 0 Å². The molecule has 0 fully saturated rings. The Morgan fingerprint density at radius 1 is 0.529 bits per heavy atom. The van der Waals surface area contributed by atoms with Crippen LogP contribution in [0.25, 0.3) is 0 Å². The van der Waals surface area contributed by atoms with Crippen LogP contribution in [0.2, 0.25) is 24.2 Å². The fraction of sp³-hybridized carbons (Fsp3) is 1.00. The van der Waals surface area contributed by atoms with Crippen molar-refractivity contribution in [3.05, 3.63) is 0 Å². The van der Waals surface area contributed by atoms with E-state index in [1.807, 2.05) is 55.5 Å². The Bertz CT molecular complexity index is 359. The number of methoxy groups -OCH3 is 2. The van der Waals surface area contributed by atoms with Crippen LogP contribution in [0.5, 0.6) is 0 Å². The van der Waals surface area contributed by atoms with E-state index in [2.05, 4.69) is 27.7 Å². The summed E-state index contributed by atoms with van der Waals surface area (Å²) in [7, 11) is 10.5. The molecular formula is C26H58O2S4Si2. The van der Waals surface area contributed by atoms with Gasteiger partial charge < -0.3 is 9.47 Å². The van der Waals surface area contributed by atoms with Crippen LogP contribution in [0.4, 0.5) is 0 Å². The van der Waals surface area contributed by atoms with Crippen molar-refractivity contribution in [1.82, 2.24) is 0 Å². The van der Waals surface area contributed by atoms with Gasteiger partial charge in [-0.25, -0.2) is 0 Å². The molecule has 34 heavy (non-hydrogen) atoms. The van der Waals surface area contributed by atoms with Crippen molar-refractivity contribution in [3.63, 3.8) is 0 Å². The van der Waals surface area contributed by atoms with Crippen molar-refractivity contribution in [3.8, 4) is 0 Å². The van der Waals surface area contributed by atoms with E-state index in [0.717, 1.165) is 0 Å². The minimum Gasteiger partial charge on any atom is -0.385 e. The first-order valence-electron chi connectivity index (χ1n) is 14.3. The summed E-state index contributed by atoms with van der Waals surface area (Å²) in [6, 6.07) is 5.92. The molecule has 2 unspecified atom stereocenters. The molecule has 0 amide bonds. The Balaban J connectivity index is 3.96. The Morgan fingerprint density at radius 2 is 0.853 bits per heavy atom. The van der Waals surface area contributed by atoms with Crippen molar-refractivity contribution in [2.75, 3.05) is 25.7 Å². The fourth-order valence-corrected chi connectivity index (χ4v) is 19.0. The SMILES string of the molecule is CCCC[SiH](CCCC)C(CCCSSSSCCCC(OC)[SiH](CCCC)CCCC)OC. The summed E-state index contributed by atoms with van der Waals surface area (Å²) in [6.07, 6.45) is 16.1. The van der Waals surface area contributed by atoms with Gasteiger partial charge in [-0.3, -0.25) is 0 Å². The lowest BCUT2D eigenvalue weighted by Crippen LogP contribution is -2.32. The first kappa shape index (κ1) is 35.8. The molecule has 0 aromatic carbocycles. The molecule has 0 bridgehead atoms. The predicted molar refractivity (Wildman–Crippen MR) is 173 cm³/mol. The maximum Gasteiger partial charge on any atom is 0.0716 e. The second-order valence-electron chi connectivity index (χ2n) is 9.70. The van der Waals surface area contributed by atoms with Crippen LogP contribution in [-0.4, -0.2) is 54.8 Å². The van der Waals surface area contributed by atoms with Crippen molar-refractivity contribution in [2.45, 2.75) is 140 Å². The predicted octanol–water partition coefficient (Wildman–Crippen LogP) is 9.99. The van der Waals surface area contributed by atoms with Crippen molar-refractivity contribution in [2.24, 2.45) is 0 Å².